The van der Waals surface area contributed by atoms with Crippen LogP contribution in [0.3, 0.4) is 0 Å². The summed E-state index contributed by atoms with van der Waals surface area (Å²) in [5, 5.41) is 11.9. The number of ether oxygens (including phenoxy) is 1. The first kappa shape index (κ1) is 12.8. The number of nitriles is 1. The van der Waals surface area contributed by atoms with E-state index in [0.29, 0.717) is 17.9 Å². The van der Waals surface area contributed by atoms with Crippen molar-refractivity contribution in [3.05, 3.63) is 48.0 Å². The van der Waals surface area contributed by atoms with Crippen molar-refractivity contribution in [2.45, 2.75) is 6.42 Å². The maximum absolute atomic E-state index is 8.62. The monoisotopic (exact) mass is 253 g/mol. The van der Waals surface area contributed by atoms with Gasteiger partial charge >= 0.3 is 0 Å². The van der Waals surface area contributed by atoms with Crippen LogP contribution in [-0.2, 0) is 6.42 Å². The summed E-state index contributed by atoms with van der Waals surface area (Å²) in [5.74, 6) is 0.645. The van der Waals surface area contributed by atoms with Crippen molar-refractivity contribution in [2.75, 3.05) is 18.2 Å². The Labute approximate surface area is 112 Å². The third-order valence-electron chi connectivity index (χ3n) is 2.76. The van der Waals surface area contributed by atoms with Crippen LogP contribution in [0.15, 0.2) is 42.5 Å². The number of nitrogens with zero attached hydrogens (tertiary/aromatic N) is 1. The van der Waals surface area contributed by atoms with Crippen LogP contribution in [0.4, 0.5) is 17.1 Å². The highest BCUT2D eigenvalue weighted by atomic mass is 16.5. The highest BCUT2D eigenvalue weighted by Gasteiger charge is 2.01. The van der Waals surface area contributed by atoms with Gasteiger partial charge in [0.1, 0.15) is 5.75 Å². The molecule has 0 saturated carbocycles. The molecule has 0 heterocycles. The summed E-state index contributed by atoms with van der Waals surface area (Å²) in [6, 6.07) is 15.4. The lowest BCUT2D eigenvalue weighted by molar-refractivity contribution is 0.417. The maximum atomic E-state index is 8.62. The van der Waals surface area contributed by atoms with Gasteiger partial charge in [-0.05, 0) is 29.8 Å². The summed E-state index contributed by atoms with van der Waals surface area (Å²) in [6.45, 7) is 0. The van der Waals surface area contributed by atoms with Gasteiger partial charge in [0.25, 0.3) is 0 Å². The number of nitrogen functional groups attached to an aromatic ring is 1. The molecular weight excluding hydrogens is 238 g/mol. The van der Waals surface area contributed by atoms with Crippen molar-refractivity contribution in [3.63, 3.8) is 0 Å². The SMILES string of the molecule is COc1cc(Nc2ccc(CC#N)cc2)ccc1N. The van der Waals surface area contributed by atoms with E-state index in [1.807, 2.05) is 36.4 Å². The largest absolute Gasteiger partial charge is 0.495 e. The number of anilines is 3. The summed E-state index contributed by atoms with van der Waals surface area (Å²) >= 11 is 0. The van der Waals surface area contributed by atoms with Gasteiger partial charge < -0.3 is 15.8 Å². The maximum Gasteiger partial charge on any atom is 0.143 e. The molecule has 96 valence electrons. The lowest BCUT2D eigenvalue weighted by Crippen LogP contribution is -1.95. The van der Waals surface area contributed by atoms with Gasteiger partial charge in [-0.3, -0.25) is 0 Å². The van der Waals surface area contributed by atoms with Crippen LogP contribution in [0.25, 0.3) is 0 Å². The third-order valence-corrected chi connectivity index (χ3v) is 2.76. The highest BCUT2D eigenvalue weighted by Crippen LogP contribution is 2.27. The molecule has 0 saturated heterocycles. The number of hydrogen-bond acceptors (Lipinski definition) is 4. The summed E-state index contributed by atoms with van der Waals surface area (Å²) < 4.78 is 5.17. The second kappa shape index (κ2) is 5.78. The molecule has 19 heavy (non-hydrogen) atoms. The van der Waals surface area contributed by atoms with Crippen LogP contribution in [0.5, 0.6) is 5.75 Å². The zero-order valence-corrected chi connectivity index (χ0v) is 10.7. The number of methoxy groups -OCH3 is 1. The van der Waals surface area contributed by atoms with Gasteiger partial charge in [-0.15, -0.1) is 0 Å². The molecule has 0 atom stereocenters. The van der Waals surface area contributed by atoms with E-state index in [4.69, 9.17) is 15.7 Å². The van der Waals surface area contributed by atoms with Crippen molar-refractivity contribution >= 4 is 17.1 Å². The average Bonchev–Trinajstić information content (AvgIpc) is 2.43. The Morgan fingerprint density at radius 3 is 2.47 bits per heavy atom. The Kier molecular flexibility index (Phi) is 3.89. The molecule has 0 aromatic heterocycles. The zero-order valence-electron chi connectivity index (χ0n) is 10.7. The van der Waals surface area contributed by atoms with Gasteiger partial charge in [0, 0.05) is 17.4 Å². The Bertz CT molecular complexity index is 600. The quantitative estimate of drug-likeness (QED) is 0.821. The molecule has 0 aliphatic carbocycles. The molecule has 0 fully saturated rings. The van der Waals surface area contributed by atoms with Crippen LogP contribution in [-0.4, -0.2) is 7.11 Å². The van der Waals surface area contributed by atoms with Crippen molar-refractivity contribution < 1.29 is 4.74 Å². The number of hydrogen-bond donors (Lipinski definition) is 2. The Balaban J connectivity index is 2.14. The first-order chi connectivity index (χ1) is 9.22. The fourth-order valence-corrected chi connectivity index (χ4v) is 1.75. The van der Waals surface area contributed by atoms with Crippen molar-refractivity contribution in [2.24, 2.45) is 0 Å². The summed E-state index contributed by atoms with van der Waals surface area (Å²) in [4.78, 5) is 0. The van der Waals surface area contributed by atoms with E-state index in [9.17, 15) is 0 Å². The van der Waals surface area contributed by atoms with Crippen LogP contribution in [0.1, 0.15) is 5.56 Å². The van der Waals surface area contributed by atoms with Gasteiger partial charge in [-0.25, -0.2) is 0 Å². The Hall–Kier alpha value is -2.67. The van der Waals surface area contributed by atoms with Crippen molar-refractivity contribution in [1.29, 1.82) is 5.26 Å². The van der Waals surface area contributed by atoms with Crippen LogP contribution < -0.4 is 15.8 Å². The number of nitrogens with one attached hydrogen (secondary N) is 1. The van der Waals surface area contributed by atoms with E-state index in [0.717, 1.165) is 16.9 Å². The fourth-order valence-electron chi connectivity index (χ4n) is 1.75. The first-order valence-corrected chi connectivity index (χ1v) is 5.89. The molecule has 3 N–H and O–H groups in total. The van der Waals surface area contributed by atoms with Gasteiger partial charge in [0.15, 0.2) is 0 Å². The zero-order chi connectivity index (χ0) is 13.7. The standard InChI is InChI=1S/C15H15N3O/c1-19-15-10-13(6-7-14(15)17)18-12-4-2-11(3-5-12)8-9-16/h2-7,10,18H,8,17H2,1H3. The van der Waals surface area contributed by atoms with Gasteiger partial charge in [0.05, 0.1) is 25.3 Å². The molecule has 2 aromatic carbocycles. The van der Waals surface area contributed by atoms with Gasteiger partial charge in [-0.2, -0.15) is 5.26 Å². The smallest absolute Gasteiger partial charge is 0.143 e. The molecular formula is C15H15N3O. The predicted molar refractivity (Wildman–Crippen MR) is 76.4 cm³/mol. The summed E-state index contributed by atoms with van der Waals surface area (Å²) in [6.07, 6.45) is 0.427. The third kappa shape index (κ3) is 3.17. The van der Waals surface area contributed by atoms with E-state index in [-0.39, 0.29) is 0 Å². The van der Waals surface area contributed by atoms with Crippen LogP contribution in [0, 0.1) is 11.3 Å². The van der Waals surface area contributed by atoms with E-state index in [1.54, 1.807) is 13.2 Å². The molecule has 0 aliphatic rings. The highest BCUT2D eigenvalue weighted by molar-refractivity contribution is 5.66. The fraction of sp³-hybridized carbons (Fsp3) is 0.133. The average molecular weight is 253 g/mol. The summed E-state index contributed by atoms with van der Waals surface area (Å²) in [7, 11) is 1.59. The van der Waals surface area contributed by atoms with E-state index in [1.165, 1.54) is 0 Å². The molecule has 2 rings (SSSR count). The molecule has 0 bridgehead atoms. The molecule has 0 aliphatic heterocycles. The molecule has 2 aromatic rings. The minimum absolute atomic E-state index is 0.427. The molecule has 0 amide bonds. The predicted octanol–water partition coefficient (Wildman–Crippen LogP) is 3.09. The normalized spacial score (nSPS) is 9.68. The van der Waals surface area contributed by atoms with Crippen molar-refractivity contribution in [3.8, 4) is 11.8 Å². The Morgan fingerprint density at radius 2 is 1.84 bits per heavy atom. The van der Waals surface area contributed by atoms with Gasteiger partial charge in [-0.1, -0.05) is 12.1 Å². The number of benzene rings is 2. The van der Waals surface area contributed by atoms with E-state index >= 15 is 0 Å². The molecule has 0 spiro atoms. The second-order valence-corrected chi connectivity index (χ2v) is 4.11. The van der Waals surface area contributed by atoms with E-state index < -0.39 is 0 Å². The number of rotatable bonds is 4. The van der Waals surface area contributed by atoms with E-state index in [2.05, 4.69) is 11.4 Å². The second-order valence-electron chi connectivity index (χ2n) is 4.11. The first-order valence-electron chi connectivity index (χ1n) is 5.89. The minimum Gasteiger partial charge on any atom is -0.495 e. The van der Waals surface area contributed by atoms with Crippen molar-refractivity contribution in [1.82, 2.24) is 0 Å². The number of nitrogens with two attached hydrogens (primary N) is 1. The lowest BCUT2D eigenvalue weighted by Gasteiger charge is -2.10. The summed E-state index contributed by atoms with van der Waals surface area (Å²) in [5.41, 5.74) is 9.23. The molecule has 0 radical (unpaired) electrons. The molecule has 4 nitrogen and oxygen atoms in total. The molecule has 4 heteroatoms. The lowest BCUT2D eigenvalue weighted by atomic mass is 10.1. The van der Waals surface area contributed by atoms with Crippen LogP contribution in [0.2, 0.25) is 0 Å². The van der Waals surface area contributed by atoms with Crippen LogP contribution >= 0.6 is 0 Å². The topological polar surface area (TPSA) is 71.1 Å². The Morgan fingerprint density at radius 1 is 1.16 bits per heavy atom. The minimum atomic E-state index is 0.427. The molecule has 0 unspecified atom stereocenters. The van der Waals surface area contributed by atoms with Gasteiger partial charge in [0.2, 0.25) is 0 Å².